The molecule has 4 amide bonds. The van der Waals surface area contributed by atoms with E-state index < -0.39 is 35.0 Å². The SMILES string of the molecule is Cc1cc(C2C3=CCC4C(=O)N(c5ccc(N6CCOCC6)cc5)C(=O)C4C3CC3C(=O)N(c4cc(-c5sc6ccc(Cl)cc6c5C)nn4C)C(=O)C32C)cc(C)c1O. The Hall–Kier alpha value is -5.30. The summed E-state index contributed by atoms with van der Waals surface area (Å²) in [7, 11) is 1.74. The van der Waals surface area contributed by atoms with E-state index in [0.717, 1.165) is 50.4 Å². The molecule has 302 valence electrons. The van der Waals surface area contributed by atoms with Gasteiger partial charge in [0.1, 0.15) is 17.3 Å². The molecule has 5 aliphatic rings. The van der Waals surface area contributed by atoms with E-state index >= 15 is 9.59 Å². The molecule has 2 aliphatic carbocycles. The summed E-state index contributed by atoms with van der Waals surface area (Å²) in [4.78, 5) is 65.1. The van der Waals surface area contributed by atoms with E-state index in [2.05, 4.69) is 11.0 Å². The topological polar surface area (TPSA) is 125 Å². The van der Waals surface area contributed by atoms with Gasteiger partial charge in [-0.25, -0.2) is 4.90 Å². The van der Waals surface area contributed by atoms with Gasteiger partial charge in [-0.05, 0) is 117 Å². The molecule has 0 bridgehead atoms. The molecule has 3 saturated heterocycles. The molecule has 13 heteroatoms. The second kappa shape index (κ2) is 13.6. The van der Waals surface area contributed by atoms with Crippen LogP contribution in [0.15, 0.2) is 72.3 Å². The summed E-state index contributed by atoms with van der Waals surface area (Å²) in [5.41, 5.74) is 4.94. The van der Waals surface area contributed by atoms with Gasteiger partial charge in [0.2, 0.25) is 23.6 Å². The number of aromatic nitrogens is 2. The molecule has 5 aromatic rings. The number of nitrogens with zero attached hydrogens (tertiary/aromatic N) is 5. The molecular weight excluding hydrogens is 786 g/mol. The lowest BCUT2D eigenvalue weighted by atomic mass is 9.51. The Bertz CT molecular complexity index is 2660. The van der Waals surface area contributed by atoms with Crippen molar-refractivity contribution < 1.29 is 29.0 Å². The minimum absolute atomic E-state index is 0.170. The number of carbonyl (C=O) groups excluding carboxylic acids is 4. The predicted octanol–water partition coefficient (Wildman–Crippen LogP) is 7.86. The fraction of sp³-hybridized carbons (Fsp3) is 0.370. The van der Waals surface area contributed by atoms with Crippen LogP contribution >= 0.6 is 22.9 Å². The molecule has 6 atom stereocenters. The number of benzene rings is 3. The van der Waals surface area contributed by atoms with E-state index in [-0.39, 0.29) is 35.8 Å². The second-order valence-corrected chi connectivity index (χ2v) is 18.5. The van der Waals surface area contributed by atoms with Crippen LogP contribution in [0.3, 0.4) is 0 Å². The number of aryl methyl sites for hydroxylation is 4. The molecule has 5 heterocycles. The highest BCUT2D eigenvalue weighted by Crippen LogP contribution is 2.64. The summed E-state index contributed by atoms with van der Waals surface area (Å²) in [5.74, 6) is -3.83. The Morgan fingerprint density at radius 2 is 1.56 bits per heavy atom. The molecule has 3 aromatic carbocycles. The number of thiophene rings is 1. The molecule has 1 N–H and O–H groups in total. The van der Waals surface area contributed by atoms with Crippen LogP contribution in [0.4, 0.5) is 17.2 Å². The first-order valence-corrected chi connectivity index (χ1v) is 21.4. The van der Waals surface area contributed by atoms with Gasteiger partial charge < -0.3 is 14.7 Å². The van der Waals surface area contributed by atoms with Crippen molar-refractivity contribution >= 4 is 73.8 Å². The first-order chi connectivity index (χ1) is 28.3. The van der Waals surface area contributed by atoms with E-state index in [9.17, 15) is 14.7 Å². The Labute approximate surface area is 350 Å². The van der Waals surface area contributed by atoms with Gasteiger partial charge in [0.25, 0.3) is 0 Å². The fourth-order valence-corrected chi connectivity index (χ4v) is 12.2. The third-order valence-electron chi connectivity index (χ3n) is 13.8. The van der Waals surface area contributed by atoms with Crippen LogP contribution in [0, 0.1) is 49.9 Å². The number of hydrogen-bond acceptors (Lipinski definition) is 9. The van der Waals surface area contributed by atoms with Gasteiger partial charge in [0, 0.05) is 47.5 Å². The maximum Gasteiger partial charge on any atom is 0.242 e. The molecule has 4 fully saturated rings. The quantitative estimate of drug-likeness (QED) is 0.140. The summed E-state index contributed by atoms with van der Waals surface area (Å²) in [6.45, 7) is 10.4. The summed E-state index contributed by atoms with van der Waals surface area (Å²) >= 11 is 7.93. The predicted molar refractivity (Wildman–Crippen MR) is 228 cm³/mol. The molecule has 59 heavy (non-hydrogen) atoms. The summed E-state index contributed by atoms with van der Waals surface area (Å²) in [6.07, 6.45) is 2.64. The largest absolute Gasteiger partial charge is 0.507 e. The number of phenolic OH excluding ortho intramolecular Hbond substituents is 1. The number of fused-ring (bicyclic) bond motifs is 5. The summed E-state index contributed by atoms with van der Waals surface area (Å²) < 4.78 is 8.16. The highest BCUT2D eigenvalue weighted by molar-refractivity contribution is 7.22. The number of allylic oxidation sites excluding steroid dienone is 2. The molecule has 0 spiro atoms. The van der Waals surface area contributed by atoms with Crippen molar-refractivity contribution in [1.82, 2.24) is 9.78 Å². The molecular formula is C46H44ClN5O6S. The standard InChI is InChI=1S/C46H44ClN5O6S/c1-23-18-26(19-24(2)40(23)53)39-30-11-12-31-38(44(56)51(42(31)54)29-9-7-28(8-10-29)50-14-16-58-17-15-50)33(30)21-34-43(55)52(45(57)46(34,39)4)37-22-35(48-49(37)5)41-25(3)32-20-27(47)6-13-36(32)59-41/h6-11,13,18-20,22,31,33-34,38-39,53H,12,14-17,21H2,1-5H3. The third kappa shape index (κ3) is 5.52. The number of morpholine rings is 1. The number of phenols is 1. The zero-order valence-electron chi connectivity index (χ0n) is 33.5. The smallest absolute Gasteiger partial charge is 0.242 e. The Morgan fingerprint density at radius 3 is 2.27 bits per heavy atom. The Balaban J connectivity index is 1.04. The number of halogens is 1. The Morgan fingerprint density at radius 1 is 0.864 bits per heavy atom. The van der Waals surface area contributed by atoms with Crippen LogP contribution in [0.25, 0.3) is 20.7 Å². The number of rotatable bonds is 5. The van der Waals surface area contributed by atoms with Crippen molar-refractivity contribution in [1.29, 1.82) is 0 Å². The lowest BCUT2D eigenvalue weighted by Crippen LogP contribution is -2.49. The molecule has 3 aliphatic heterocycles. The third-order valence-corrected chi connectivity index (χ3v) is 15.4. The number of imide groups is 2. The van der Waals surface area contributed by atoms with Gasteiger partial charge in [-0.1, -0.05) is 35.4 Å². The first-order valence-electron chi connectivity index (χ1n) is 20.2. The van der Waals surface area contributed by atoms with Crippen LogP contribution in [-0.2, 0) is 31.0 Å². The maximum atomic E-state index is 15.3. The zero-order chi connectivity index (χ0) is 41.2. The van der Waals surface area contributed by atoms with Gasteiger partial charge in [0.05, 0.1) is 46.9 Å². The van der Waals surface area contributed by atoms with Crippen molar-refractivity contribution in [2.45, 2.75) is 46.5 Å². The molecule has 6 unspecified atom stereocenters. The average Bonchev–Trinajstić information content (AvgIpc) is 3.90. The zero-order valence-corrected chi connectivity index (χ0v) is 35.1. The summed E-state index contributed by atoms with van der Waals surface area (Å²) in [6, 6.07) is 18.9. The van der Waals surface area contributed by atoms with Gasteiger partial charge in [0.15, 0.2) is 0 Å². The maximum absolute atomic E-state index is 15.3. The summed E-state index contributed by atoms with van der Waals surface area (Å²) in [5, 5.41) is 17.4. The normalized spacial score (nSPS) is 26.8. The number of carbonyl (C=O) groups is 4. The molecule has 10 rings (SSSR count). The number of anilines is 3. The molecule has 1 saturated carbocycles. The monoisotopic (exact) mass is 829 g/mol. The molecule has 11 nitrogen and oxygen atoms in total. The first kappa shape index (κ1) is 37.9. The number of amides is 4. The van der Waals surface area contributed by atoms with Gasteiger partial charge in [-0.3, -0.25) is 28.8 Å². The fourth-order valence-electron chi connectivity index (χ4n) is 10.9. The van der Waals surface area contributed by atoms with E-state index in [1.54, 1.807) is 23.1 Å². The van der Waals surface area contributed by atoms with Crippen molar-refractivity contribution in [2.75, 3.05) is 41.0 Å². The van der Waals surface area contributed by atoms with Crippen LogP contribution in [0.2, 0.25) is 5.02 Å². The van der Waals surface area contributed by atoms with Crippen LogP contribution < -0.4 is 14.7 Å². The molecule has 0 radical (unpaired) electrons. The van der Waals surface area contributed by atoms with E-state index in [1.807, 2.05) is 88.4 Å². The molecule has 2 aromatic heterocycles. The second-order valence-electron chi connectivity index (χ2n) is 17.0. The average molecular weight is 830 g/mol. The van der Waals surface area contributed by atoms with Gasteiger partial charge >= 0.3 is 0 Å². The van der Waals surface area contributed by atoms with Crippen LogP contribution in [-0.4, -0.2) is 64.8 Å². The minimum atomic E-state index is -1.24. The van der Waals surface area contributed by atoms with Gasteiger partial charge in [-0.2, -0.15) is 5.10 Å². The van der Waals surface area contributed by atoms with E-state index in [1.165, 1.54) is 9.80 Å². The van der Waals surface area contributed by atoms with E-state index in [4.69, 9.17) is 21.4 Å². The lowest BCUT2D eigenvalue weighted by Gasteiger charge is -2.49. The van der Waals surface area contributed by atoms with Crippen LogP contribution in [0.1, 0.15) is 47.9 Å². The number of hydrogen-bond donors (Lipinski definition) is 1. The number of ether oxygens (including phenoxy) is 1. The number of aromatic hydroxyl groups is 1. The highest BCUT2D eigenvalue weighted by atomic mass is 35.5. The van der Waals surface area contributed by atoms with Crippen molar-refractivity contribution in [2.24, 2.45) is 36.1 Å². The highest BCUT2D eigenvalue weighted by Gasteiger charge is 2.68. The minimum Gasteiger partial charge on any atom is -0.507 e. The van der Waals surface area contributed by atoms with E-state index in [0.29, 0.717) is 53.0 Å². The Kier molecular flexibility index (Phi) is 8.76. The van der Waals surface area contributed by atoms with Crippen molar-refractivity contribution in [3.8, 4) is 16.3 Å². The van der Waals surface area contributed by atoms with Crippen molar-refractivity contribution in [3.05, 3.63) is 99.6 Å². The van der Waals surface area contributed by atoms with Crippen LogP contribution in [0.5, 0.6) is 5.75 Å². The lowest BCUT2D eigenvalue weighted by molar-refractivity contribution is -0.131. The van der Waals surface area contributed by atoms with Crippen molar-refractivity contribution in [3.63, 3.8) is 0 Å². The van der Waals surface area contributed by atoms with Gasteiger partial charge in [-0.15, -0.1) is 11.3 Å².